The molecule has 1 aliphatic rings. The summed E-state index contributed by atoms with van der Waals surface area (Å²) in [5, 5.41) is 13.8. The normalized spacial score (nSPS) is 13.0. The third kappa shape index (κ3) is 4.59. The number of hydrogen-bond donors (Lipinski definition) is 3. The molecule has 0 radical (unpaired) electrons. The lowest BCUT2D eigenvalue weighted by molar-refractivity contribution is 0.102. The molecule has 0 bridgehead atoms. The summed E-state index contributed by atoms with van der Waals surface area (Å²) in [6, 6.07) is 12.3. The maximum Gasteiger partial charge on any atom is 0.319 e. The van der Waals surface area contributed by atoms with E-state index in [0.717, 1.165) is 35.2 Å². The van der Waals surface area contributed by atoms with Crippen LogP contribution in [-0.2, 0) is 13.6 Å². The van der Waals surface area contributed by atoms with Crippen LogP contribution in [0.2, 0.25) is 0 Å². The van der Waals surface area contributed by atoms with Gasteiger partial charge < -0.3 is 16.0 Å². The van der Waals surface area contributed by atoms with Crippen molar-refractivity contribution in [2.75, 3.05) is 10.6 Å². The van der Waals surface area contributed by atoms with Gasteiger partial charge in [-0.3, -0.25) is 14.5 Å². The van der Waals surface area contributed by atoms with Gasteiger partial charge in [-0.25, -0.2) is 9.78 Å². The first-order chi connectivity index (χ1) is 16.5. The zero-order valence-corrected chi connectivity index (χ0v) is 19.0. The Morgan fingerprint density at radius 3 is 2.53 bits per heavy atom. The van der Waals surface area contributed by atoms with Crippen molar-refractivity contribution in [2.24, 2.45) is 7.05 Å². The van der Waals surface area contributed by atoms with Crippen LogP contribution in [0.1, 0.15) is 46.1 Å². The molecule has 0 saturated heterocycles. The number of aromatic nitrogens is 4. The summed E-state index contributed by atoms with van der Waals surface area (Å²) >= 11 is 0. The van der Waals surface area contributed by atoms with Crippen LogP contribution in [0.25, 0.3) is 11.0 Å². The zero-order chi connectivity index (χ0) is 23.7. The Morgan fingerprint density at radius 2 is 1.79 bits per heavy atom. The van der Waals surface area contributed by atoms with E-state index >= 15 is 0 Å². The van der Waals surface area contributed by atoms with E-state index in [0.29, 0.717) is 35.0 Å². The second-order valence-corrected chi connectivity index (χ2v) is 8.47. The fourth-order valence-electron chi connectivity index (χ4n) is 3.96. The van der Waals surface area contributed by atoms with E-state index in [-0.39, 0.29) is 11.9 Å². The van der Waals surface area contributed by atoms with Gasteiger partial charge in [-0.05, 0) is 61.7 Å². The van der Waals surface area contributed by atoms with Crippen LogP contribution in [0, 0.1) is 6.92 Å². The lowest BCUT2D eigenvalue weighted by atomic mass is 10.1. The molecule has 3 heterocycles. The molecule has 1 saturated carbocycles. The standard InChI is InChI=1S/C25H25N7O2/c1-15-22-20(13-21(17-6-7-17)30-23(22)32(2)31-15)24(33)28-18-4-3-5-19(12-18)29-25(34)27-14-16-8-10-26-11-9-16/h3-5,8-13,17H,6-7,14H2,1-2H3,(H,28,33)(H2,27,29,34). The molecule has 172 valence electrons. The molecular weight excluding hydrogens is 430 g/mol. The summed E-state index contributed by atoms with van der Waals surface area (Å²) in [6.45, 7) is 2.27. The van der Waals surface area contributed by atoms with Crippen molar-refractivity contribution >= 4 is 34.3 Å². The Labute approximate surface area is 196 Å². The number of pyridine rings is 2. The van der Waals surface area contributed by atoms with E-state index in [1.165, 1.54) is 0 Å². The fraction of sp³-hybridized carbons (Fsp3) is 0.240. The summed E-state index contributed by atoms with van der Waals surface area (Å²) in [4.78, 5) is 34.3. The molecule has 34 heavy (non-hydrogen) atoms. The van der Waals surface area contributed by atoms with Crippen molar-refractivity contribution in [1.82, 2.24) is 25.1 Å². The second kappa shape index (κ2) is 8.93. The van der Waals surface area contributed by atoms with E-state index in [2.05, 4.69) is 26.0 Å². The highest BCUT2D eigenvalue weighted by Gasteiger charge is 2.28. The number of rotatable bonds is 6. The lowest BCUT2D eigenvalue weighted by Gasteiger charge is -2.11. The summed E-state index contributed by atoms with van der Waals surface area (Å²) in [7, 11) is 1.84. The molecule has 9 nitrogen and oxygen atoms in total. The van der Waals surface area contributed by atoms with Crippen LogP contribution in [0.15, 0.2) is 54.9 Å². The quantitative estimate of drug-likeness (QED) is 0.405. The number of anilines is 2. The molecule has 9 heteroatoms. The number of aryl methyl sites for hydroxylation is 2. The Bertz CT molecular complexity index is 1380. The van der Waals surface area contributed by atoms with Crippen molar-refractivity contribution in [1.29, 1.82) is 0 Å². The van der Waals surface area contributed by atoms with E-state index in [1.807, 2.05) is 32.2 Å². The third-order valence-electron chi connectivity index (χ3n) is 5.81. The number of carbonyl (C=O) groups is 2. The SMILES string of the molecule is Cc1nn(C)c2nc(C3CC3)cc(C(=O)Nc3cccc(NC(=O)NCc4ccncc4)c3)c12. The molecule has 0 atom stereocenters. The predicted octanol–water partition coefficient (Wildman–Crippen LogP) is 4.12. The number of amides is 3. The number of hydrogen-bond acceptors (Lipinski definition) is 5. The van der Waals surface area contributed by atoms with Crippen molar-refractivity contribution in [2.45, 2.75) is 32.2 Å². The number of nitrogens with zero attached hydrogens (tertiary/aromatic N) is 4. The highest BCUT2D eigenvalue weighted by molar-refractivity contribution is 6.13. The van der Waals surface area contributed by atoms with Crippen molar-refractivity contribution < 1.29 is 9.59 Å². The first kappa shape index (κ1) is 21.6. The van der Waals surface area contributed by atoms with Crippen LogP contribution >= 0.6 is 0 Å². The van der Waals surface area contributed by atoms with E-state index < -0.39 is 0 Å². The van der Waals surface area contributed by atoms with Gasteiger partial charge in [-0.2, -0.15) is 5.10 Å². The van der Waals surface area contributed by atoms with Gasteiger partial charge in [-0.1, -0.05) is 6.07 Å². The second-order valence-electron chi connectivity index (χ2n) is 8.47. The maximum absolute atomic E-state index is 13.3. The Hall–Kier alpha value is -4.27. The number of fused-ring (bicyclic) bond motifs is 1. The molecule has 0 aliphatic heterocycles. The molecule has 1 aliphatic carbocycles. The summed E-state index contributed by atoms with van der Waals surface area (Å²) < 4.78 is 1.72. The van der Waals surface area contributed by atoms with Crippen LogP contribution in [0.3, 0.4) is 0 Å². The van der Waals surface area contributed by atoms with Gasteiger partial charge in [0.2, 0.25) is 0 Å². The highest BCUT2D eigenvalue weighted by Crippen LogP contribution is 2.40. The largest absolute Gasteiger partial charge is 0.334 e. The topological polar surface area (TPSA) is 114 Å². The van der Waals surface area contributed by atoms with Gasteiger partial charge >= 0.3 is 6.03 Å². The Balaban J connectivity index is 1.31. The first-order valence-electron chi connectivity index (χ1n) is 11.2. The van der Waals surface area contributed by atoms with Crippen LogP contribution in [0.5, 0.6) is 0 Å². The van der Waals surface area contributed by atoms with Gasteiger partial charge in [0.15, 0.2) is 5.65 Å². The van der Waals surface area contributed by atoms with Crippen LogP contribution in [0.4, 0.5) is 16.2 Å². The van der Waals surface area contributed by atoms with Gasteiger partial charge in [0.05, 0.1) is 16.6 Å². The molecular formula is C25H25N7O2. The van der Waals surface area contributed by atoms with E-state index in [4.69, 9.17) is 4.98 Å². The Kier molecular flexibility index (Phi) is 5.67. The summed E-state index contributed by atoms with van der Waals surface area (Å²) in [5.41, 5.74) is 5.07. The molecule has 3 aromatic heterocycles. The van der Waals surface area contributed by atoms with Crippen molar-refractivity contribution in [3.05, 3.63) is 77.4 Å². The number of benzene rings is 1. The minimum atomic E-state index is -0.337. The molecule has 1 aromatic carbocycles. The first-order valence-corrected chi connectivity index (χ1v) is 11.2. The van der Waals surface area contributed by atoms with Gasteiger partial charge in [0.25, 0.3) is 5.91 Å². The summed E-state index contributed by atoms with van der Waals surface area (Å²) in [5.74, 6) is 0.175. The number of urea groups is 1. The highest BCUT2D eigenvalue weighted by atomic mass is 16.2. The molecule has 4 aromatic rings. The summed E-state index contributed by atoms with van der Waals surface area (Å²) in [6.07, 6.45) is 5.54. The number of nitrogens with one attached hydrogen (secondary N) is 3. The van der Waals surface area contributed by atoms with Crippen molar-refractivity contribution in [3.8, 4) is 0 Å². The minimum Gasteiger partial charge on any atom is -0.334 e. The van der Waals surface area contributed by atoms with Crippen LogP contribution < -0.4 is 16.0 Å². The monoisotopic (exact) mass is 455 g/mol. The lowest BCUT2D eigenvalue weighted by Crippen LogP contribution is -2.28. The average molecular weight is 456 g/mol. The fourth-order valence-corrected chi connectivity index (χ4v) is 3.96. The predicted molar refractivity (Wildman–Crippen MR) is 130 cm³/mol. The molecule has 1 fully saturated rings. The van der Waals surface area contributed by atoms with Crippen molar-refractivity contribution in [3.63, 3.8) is 0 Å². The number of carbonyl (C=O) groups excluding carboxylic acids is 2. The minimum absolute atomic E-state index is 0.232. The van der Waals surface area contributed by atoms with E-state index in [9.17, 15) is 9.59 Å². The maximum atomic E-state index is 13.3. The molecule has 3 N–H and O–H groups in total. The Morgan fingerprint density at radius 1 is 1.06 bits per heavy atom. The zero-order valence-electron chi connectivity index (χ0n) is 19.0. The molecule has 0 spiro atoms. The smallest absolute Gasteiger partial charge is 0.319 e. The van der Waals surface area contributed by atoms with Gasteiger partial charge in [0, 0.05) is 49.0 Å². The average Bonchev–Trinajstić information content (AvgIpc) is 3.64. The third-order valence-corrected chi connectivity index (χ3v) is 5.81. The van der Waals surface area contributed by atoms with E-state index in [1.54, 1.807) is 41.3 Å². The van der Waals surface area contributed by atoms with Gasteiger partial charge in [-0.15, -0.1) is 0 Å². The molecule has 0 unspecified atom stereocenters. The molecule has 3 amide bonds. The molecule has 5 rings (SSSR count). The van der Waals surface area contributed by atoms with Gasteiger partial charge in [0.1, 0.15) is 0 Å². The van der Waals surface area contributed by atoms with Crippen LogP contribution in [-0.4, -0.2) is 31.7 Å².